The van der Waals surface area contributed by atoms with Crippen molar-refractivity contribution in [2.24, 2.45) is 0 Å². The van der Waals surface area contributed by atoms with Gasteiger partial charge in [0.25, 0.3) is 0 Å². The molecule has 5 nitrogen and oxygen atoms in total. The summed E-state index contributed by atoms with van der Waals surface area (Å²) in [6.45, 7) is 1.86. The van der Waals surface area contributed by atoms with E-state index in [-0.39, 0.29) is 0 Å². The standard InChI is InChI=1S/C18H19N3O2/c22-14-19-13-18-20-16-9-4-5-10-17(16)21(18)11-6-12-23-15-7-2-1-3-8-15/h1-5,7-10,14H,6,11-13H2,(H,19,22). The Balaban J connectivity index is 1.67. The summed E-state index contributed by atoms with van der Waals surface area (Å²) in [4.78, 5) is 15.1. The number of hydrogen-bond acceptors (Lipinski definition) is 3. The van der Waals surface area contributed by atoms with E-state index in [2.05, 4.69) is 14.9 Å². The van der Waals surface area contributed by atoms with Gasteiger partial charge in [-0.2, -0.15) is 0 Å². The molecular formula is C18H19N3O2. The topological polar surface area (TPSA) is 56.2 Å². The highest BCUT2D eigenvalue weighted by Crippen LogP contribution is 2.17. The first-order valence-corrected chi connectivity index (χ1v) is 7.67. The van der Waals surface area contributed by atoms with Crippen LogP contribution < -0.4 is 10.1 Å². The number of nitrogens with one attached hydrogen (secondary N) is 1. The van der Waals surface area contributed by atoms with Gasteiger partial charge in [0.05, 0.1) is 24.2 Å². The molecule has 0 aliphatic heterocycles. The number of benzene rings is 2. The average molecular weight is 309 g/mol. The molecule has 0 atom stereocenters. The fraction of sp³-hybridized carbons (Fsp3) is 0.222. The third-order valence-corrected chi connectivity index (χ3v) is 3.62. The van der Waals surface area contributed by atoms with Crippen molar-refractivity contribution in [2.75, 3.05) is 6.61 Å². The molecule has 3 aromatic rings. The fourth-order valence-corrected chi connectivity index (χ4v) is 2.57. The number of hydrogen-bond donors (Lipinski definition) is 1. The molecule has 1 amide bonds. The Hall–Kier alpha value is -2.82. The molecule has 0 saturated carbocycles. The maximum atomic E-state index is 10.6. The van der Waals surface area contributed by atoms with E-state index in [9.17, 15) is 4.79 Å². The summed E-state index contributed by atoms with van der Waals surface area (Å²) in [5.41, 5.74) is 2.02. The monoisotopic (exact) mass is 309 g/mol. The van der Waals surface area contributed by atoms with Crippen LogP contribution in [0.2, 0.25) is 0 Å². The van der Waals surface area contributed by atoms with Crippen LogP contribution in [0.3, 0.4) is 0 Å². The highest BCUT2D eigenvalue weighted by Gasteiger charge is 2.09. The zero-order valence-electron chi connectivity index (χ0n) is 12.8. The van der Waals surface area contributed by atoms with Gasteiger partial charge >= 0.3 is 0 Å². The Kier molecular flexibility index (Phi) is 4.88. The number of carbonyl (C=O) groups is 1. The van der Waals surface area contributed by atoms with Crippen LogP contribution in [0.25, 0.3) is 11.0 Å². The second kappa shape index (κ2) is 7.45. The molecule has 0 bridgehead atoms. The maximum Gasteiger partial charge on any atom is 0.207 e. The minimum Gasteiger partial charge on any atom is -0.494 e. The lowest BCUT2D eigenvalue weighted by Crippen LogP contribution is -2.16. The van der Waals surface area contributed by atoms with Crippen molar-refractivity contribution in [3.05, 3.63) is 60.4 Å². The minimum absolute atomic E-state index is 0.428. The van der Waals surface area contributed by atoms with Crippen molar-refractivity contribution in [1.29, 1.82) is 0 Å². The number of amides is 1. The predicted molar refractivity (Wildman–Crippen MR) is 89.2 cm³/mol. The van der Waals surface area contributed by atoms with Gasteiger partial charge < -0.3 is 14.6 Å². The number of nitrogens with zero attached hydrogens (tertiary/aromatic N) is 2. The zero-order valence-corrected chi connectivity index (χ0v) is 12.8. The molecule has 3 rings (SSSR count). The van der Waals surface area contributed by atoms with Crippen LogP contribution in [-0.4, -0.2) is 22.6 Å². The van der Waals surface area contributed by atoms with Gasteiger partial charge in [-0.1, -0.05) is 30.3 Å². The smallest absolute Gasteiger partial charge is 0.207 e. The van der Waals surface area contributed by atoms with Crippen LogP contribution in [-0.2, 0) is 17.9 Å². The molecule has 5 heteroatoms. The molecule has 0 radical (unpaired) electrons. The average Bonchev–Trinajstić information content (AvgIpc) is 2.95. The molecular weight excluding hydrogens is 290 g/mol. The molecule has 118 valence electrons. The molecule has 0 saturated heterocycles. The van der Waals surface area contributed by atoms with Gasteiger partial charge in [-0.3, -0.25) is 4.79 Å². The van der Waals surface area contributed by atoms with E-state index in [1.54, 1.807) is 0 Å². The quantitative estimate of drug-likeness (QED) is 0.514. The Morgan fingerprint density at radius 3 is 2.70 bits per heavy atom. The SMILES string of the molecule is O=CNCc1nc2ccccc2n1CCCOc1ccccc1. The predicted octanol–water partition coefficient (Wildman–Crippen LogP) is 2.75. The van der Waals surface area contributed by atoms with Crippen LogP contribution in [0.1, 0.15) is 12.2 Å². The highest BCUT2D eigenvalue weighted by atomic mass is 16.5. The van der Waals surface area contributed by atoms with E-state index in [1.807, 2.05) is 54.6 Å². The first-order chi connectivity index (χ1) is 11.4. The number of carbonyl (C=O) groups excluding carboxylic acids is 1. The van der Waals surface area contributed by atoms with Gasteiger partial charge in [-0.25, -0.2) is 4.98 Å². The summed E-state index contributed by atoms with van der Waals surface area (Å²) in [6.07, 6.45) is 1.56. The van der Waals surface area contributed by atoms with Crippen molar-refractivity contribution < 1.29 is 9.53 Å². The highest BCUT2D eigenvalue weighted by molar-refractivity contribution is 5.75. The molecule has 0 aliphatic carbocycles. The van der Waals surface area contributed by atoms with Crippen molar-refractivity contribution in [3.63, 3.8) is 0 Å². The van der Waals surface area contributed by atoms with Gasteiger partial charge in [0, 0.05) is 6.54 Å². The Morgan fingerprint density at radius 1 is 1.09 bits per heavy atom. The molecule has 2 aromatic carbocycles. The molecule has 1 heterocycles. The molecule has 1 aromatic heterocycles. The Labute approximate surface area is 134 Å². The number of aromatic nitrogens is 2. The summed E-state index contributed by atoms with van der Waals surface area (Å²) in [6, 6.07) is 17.8. The largest absolute Gasteiger partial charge is 0.494 e. The second-order valence-corrected chi connectivity index (χ2v) is 5.18. The van der Waals surface area contributed by atoms with E-state index in [0.29, 0.717) is 19.6 Å². The van der Waals surface area contributed by atoms with E-state index >= 15 is 0 Å². The van der Waals surface area contributed by atoms with E-state index in [4.69, 9.17) is 4.74 Å². The van der Waals surface area contributed by atoms with Gasteiger partial charge in [-0.05, 0) is 30.7 Å². The lowest BCUT2D eigenvalue weighted by Gasteiger charge is -2.10. The maximum absolute atomic E-state index is 10.6. The number of rotatable bonds is 8. The lowest BCUT2D eigenvalue weighted by atomic mass is 10.3. The number of fused-ring (bicyclic) bond motifs is 1. The number of para-hydroxylation sites is 3. The number of aryl methyl sites for hydroxylation is 1. The van der Waals surface area contributed by atoms with Gasteiger partial charge in [0.2, 0.25) is 6.41 Å². The molecule has 0 fully saturated rings. The van der Waals surface area contributed by atoms with Crippen molar-refractivity contribution in [1.82, 2.24) is 14.9 Å². The van der Waals surface area contributed by atoms with Crippen LogP contribution in [0.5, 0.6) is 5.75 Å². The lowest BCUT2D eigenvalue weighted by molar-refractivity contribution is -0.109. The molecule has 23 heavy (non-hydrogen) atoms. The summed E-state index contributed by atoms with van der Waals surface area (Å²) in [7, 11) is 0. The van der Waals surface area contributed by atoms with E-state index < -0.39 is 0 Å². The van der Waals surface area contributed by atoms with Crippen LogP contribution in [0, 0.1) is 0 Å². The zero-order chi connectivity index (χ0) is 15.9. The molecule has 0 unspecified atom stereocenters. The molecule has 1 N–H and O–H groups in total. The van der Waals surface area contributed by atoms with Crippen molar-refractivity contribution >= 4 is 17.4 Å². The Bertz CT molecular complexity index is 768. The second-order valence-electron chi connectivity index (χ2n) is 5.18. The molecule has 0 aliphatic rings. The van der Waals surface area contributed by atoms with E-state index in [0.717, 1.165) is 35.6 Å². The molecule has 0 spiro atoms. The van der Waals surface area contributed by atoms with Gasteiger partial charge in [-0.15, -0.1) is 0 Å². The van der Waals surface area contributed by atoms with Crippen LogP contribution in [0.15, 0.2) is 54.6 Å². The first-order valence-electron chi connectivity index (χ1n) is 7.67. The Morgan fingerprint density at radius 2 is 1.87 bits per heavy atom. The summed E-state index contributed by atoms with van der Waals surface area (Å²) >= 11 is 0. The summed E-state index contributed by atoms with van der Waals surface area (Å²) < 4.78 is 7.87. The normalized spacial score (nSPS) is 10.6. The van der Waals surface area contributed by atoms with E-state index in [1.165, 1.54) is 0 Å². The first kappa shape index (κ1) is 15.1. The number of ether oxygens (including phenoxy) is 1. The summed E-state index contributed by atoms with van der Waals surface area (Å²) in [5.74, 6) is 1.74. The number of imidazole rings is 1. The third-order valence-electron chi connectivity index (χ3n) is 3.62. The minimum atomic E-state index is 0.428. The van der Waals surface area contributed by atoms with Gasteiger partial charge in [0.15, 0.2) is 0 Å². The van der Waals surface area contributed by atoms with Crippen LogP contribution >= 0.6 is 0 Å². The van der Waals surface area contributed by atoms with Crippen molar-refractivity contribution in [3.8, 4) is 5.75 Å². The summed E-state index contributed by atoms with van der Waals surface area (Å²) in [5, 5.41) is 2.69. The van der Waals surface area contributed by atoms with Gasteiger partial charge in [0.1, 0.15) is 11.6 Å². The fourth-order valence-electron chi connectivity index (χ4n) is 2.57. The van der Waals surface area contributed by atoms with Crippen molar-refractivity contribution in [2.45, 2.75) is 19.5 Å². The van der Waals surface area contributed by atoms with Crippen LogP contribution in [0.4, 0.5) is 0 Å². The third kappa shape index (κ3) is 3.69.